The molecule has 4 aromatic rings. The standard InChI is InChI=1S/C22H19F3N4OS/c23-22(24,25)18-4-1-13(8-19(18)30)7-17(26)11-28-21-29-12-20(31-21)15-3-2-14-5-6-27-10-16(14)9-15/h1-6,8-10,12,17,30H,7,11,26H2,(H,28,29). The lowest BCUT2D eigenvalue weighted by Gasteiger charge is -2.14. The van der Waals surface area contributed by atoms with Crippen LogP contribution in [-0.4, -0.2) is 27.7 Å². The SMILES string of the molecule is NC(CNc1ncc(-c2ccc3ccncc3c2)s1)Cc1ccc(C(F)(F)F)c(O)c1. The van der Waals surface area contributed by atoms with Gasteiger partial charge >= 0.3 is 6.18 Å². The minimum atomic E-state index is -4.59. The number of nitrogens with one attached hydrogen (secondary N) is 1. The molecule has 160 valence electrons. The smallest absolute Gasteiger partial charge is 0.419 e. The van der Waals surface area contributed by atoms with E-state index in [2.05, 4.69) is 21.4 Å². The summed E-state index contributed by atoms with van der Waals surface area (Å²) < 4.78 is 38.2. The molecule has 0 bridgehead atoms. The van der Waals surface area contributed by atoms with Gasteiger partial charge in [0.05, 0.1) is 10.4 Å². The summed E-state index contributed by atoms with van der Waals surface area (Å²) in [6.45, 7) is 0.385. The van der Waals surface area contributed by atoms with Gasteiger partial charge in [0.15, 0.2) is 5.13 Å². The second kappa shape index (κ2) is 8.52. The van der Waals surface area contributed by atoms with Crippen molar-refractivity contribution in [2.75, 3.05) is 11.9 Å². The largest absolute Gasteiger partial charge is 0.507 e. The molecule has 0 spiro atoms. The third-order valence-corrected chi connectivity index (χ3v) is 5.82. The highest BCUT2D eigenvalue weighted by Gasteiger charge is 2.33. The van der Waals surface area contributed by atoms with E-state index in [9.17, 15) is 18.3 Å². The van der Waals surface area contributed by atoms with Crippen LogP contribution in [0.1, 0.15) is 11.1 Å². The van der Waals surface area contributed by atoms with Crippen molar-refractivity contribution in [1.29, 1.82) is 0 Å². The molecule has 4 rings (SSSR count). The number of halogens is 3. The number of rotatable bonds is 6. The van der Waals surface area contributed by atoms with Crippen LogP contribution < -0.4 is 11.1 Å². The lowest BCUT2D eigenvalue weighted by Crippen LogP contribution is -2.31. The summed E-state index contributed by atoms with van der Waals surface area (Å²) in [5, 5.41) is 15.7. The van der Waals surface area contributed by atoms with E-state index in [1.165, 1.54) is 17.4 Å². The minimum Gasteiger partial charge on any atom is -0.507 e. The zero-order chi connectivity index (χ0) is 22.0. The van der Waals surface area contributed by atoms with E-state index in [1.807, 2.05) is 24.4 Å². The number of aromatic nitrogens is 2. The van der Waals surface area contributed by atoms with Crippen molar-refractivity contribution in [3.8, 4) is 16.2 Å². The van der Waals surface area contributed by atoms with Crippen LogP contribution in [0.3, 0.4) is 0 Å². The number of hydrogen-bond donors (Lipinski definition) is 3. The summed E-state index contributed by atoms with van der Waals surface area (Å²) in [6.07, 6.45) is 1.08. The molecule has 1 unspecified atom stereocenters. The molecule has 0 saturated heterocycles. The van der Waals surface area contributed by atoms with Gasteiger partial charge in [0.25, 0.3) is 0 Å². The van der Waals surface area contributed by atoms with Crippen molar-refractivity contribution in [3.05, 3.63) is 72.2 Å². The van der Waals surface area contributed by atoms with Crippen molar-refractivity contribution in [2.24, 2.45) is 5.73 Å². The molecule has 2 aromatic carbocycles. The Balaban J connectivity index is 1.37. The Hall–Kier alpha value is -3.17. The molecule has 9 heteroatoms. The van der Waals surface area contributed by atoms with Crippen molar-refractivity contribution in [3.63, 3.8) is 0 Å². The number of phenols is 1. The summed E-state index contributed by atoms with van der Waals surface area (Å²) in [6, 6.07) is 11.0. The number of nitrogens with zero attached hydrogens (tertiary/aromatic N) is 2. The van der Waals surface area contributed by atoms with Crippen molar-refractivity contribution < 1.29 is 18.3 Å². The van der Waals surface area contributed by atoms with Gasteiger partial charge in [0, 0.05) is 36.6 Å². The number of phenolic OH excluding ortho intramolecular Hbond substituents is 1. The van der Waals surface area contributed by atoms with Crippen LogP contribution in [0.25, 0.3) is 21.2 Å². The molecular weight excluding hydrogens is 425 g/mol. The predicted molar refractivity (Wildman–Crippen MR) is 116 cm³/mol. The van der Waals surface area contributed by atoms with Crippen LogP contribution >= 0.6 is 11.3 Å². The third kappa shape index (κ3) is 4.95. The molecule has 1 atom stereocenters. The first kappa shape index (κ1) is 21.1. The normalized spacial score (nSPS) is 12.8. The molecule has 0 saturated carbocycles. The van der Waals surface area contributed by atoms with Gasteiger partial charge in [-0.3, -0.25) is 4.98 Å². The number of thiazole rings is 1. The average molecular weight is 444 g/mol. The lowest BCUT2D eigenvalue weighted by molar-refractivity contribution is -0.138. The van der Waals surface area contributed by atoms with E-state index in [0.29, 0.717) is 23.7 Å². The van der Waals surface area contributed by atoms with E-state index in [1.54, 1.807) is 12.4 Å². The summed E-state index contributed by atoms with van der Waals surface area (Å²) in [4.78, 5) is 9.52. The van der Waals surface area contributed by atoms with Gasteiger partial charge in [-0.1, -0.05) is 29.5 Å². The van der Waals surface area contributed by atoms with Gasteiger partial charge in [-0.2, -0.15) is 13.2 Å². The zero-order valence-corrected chi connectivity index (χ0v) is 17.0. The number of alkyl halides is 3. The fourth-order valence-corrected chi connectivity index (χ4v) is 4.08. The molecule has 0 aliphatic carbocycles. The second-order valence-electron chi connectivity index (χ2n) is 7.16. The summed E-state index contributed by atoms with van der Waals surface area (Å²) >= 11 is 1.49. The molecule has 0 amide bonds. The average Bonchev–Trinajstić information content (AvgIpc) is 3.20. The molecule has 0 aliphatic rings. The van der Waals surface area contributed by atoms with Crippen LogP contribution in [0, 0.1) is 0 Å². The molecule has 0 fully saturated rings. The molecule has 0 aliphatic heterocycles. The maximum Gasteiger partial charge on any atom is 0.419 e. The summed E-state index contributed by atoms with van der Waals surface area (Å²) in [7, 11) is 0. The Labute approximate surface area is 180 Å². The maximum atomic E-state index is 12.7. The van der Waals surface area contributed by atoms with Gasteiger partial charge < -0.3 is 16.2 Å². The van der Waals surface area contributed by atoms with E-state index in [-0.39, 0.29) is 6.04 Å². The fraction of sp³-hybridized carbons (Fsp3) is 0.182. The number of nitrogens with two attached hydrogens (primary N) is 1. The molecule has 2 heterocycles. The van der Waals surface area contributed by atoms with Gasteiger partial charge in [0.2, 0.25) is 0 Å². The van der Waals surface area contributed by atoms with Gasteiger partial charge in [-0.05, 0) is 47.2 Å². The highest BCUT2D eigenvalue weighted by atomic mass is 32.1. The number of pyridine rings is 1. The van der Waals surface area contributed by atoms with Crippen molar-refractivity contribution >= 4 is 27.2 Å². The van der Waals surface area contributed by atoms with Crippen molar-refractivity contribution in [1.82, 2.24) is 9.97 Å². The lowest BCUT2D eigenvalue weighted by atomic mass is 10.0. The summed E-state index contributed by atoms with van der Waals surface area (Å²) in [5.41, 5.74) is 6.63. The van der Waals surface area contributed by atoms with Gasteiger partial charge in [-0.15, -0.1) is 0 Å². The van der Waals surface area contributed by atoms with E-state index in [4.69, 9.17) is 5.73 Å². The Morgan fingerprint density at radius 3 is 2.68 bits per heavy atom. The van der Waals surface area contributed by atoms with E-state index in [0.717, 1.165) is 33.3 Å². The van der Waals surface area contributed by atoms with E-state index >= 15 is 0 Å². The number of aromatic hydroxyl groups is 1. The molecule has 31 heavy (non-hydrogen) atoms. The Bertz CT molecular complexity index is 1210. The molecule has 4 N–H and O–H groups in total. The third-order valence-electron chi connectivity index (χ3n) is 4.81. The maximum absolute atomic E-state index is 12.7. The quantitative estimate of drug-likeness (QED) is 0.387. The van der Waals surface area contributed by atoms with Crippen LogP contribution in [-0.2, 0) is 12.6 Å². The Kier molecular flexibility index (Phi) is 5.79. The number of anilines is 1. The Morgan fingerprint density at radius 2 is 1.90 bits per heavy atom. The molecule has 2 aromatic heterocycles. The van der Waals surface area contributed by atoms with E-state index < -0.39 is 17.5 Å². The highest BCUT2D eigenvalue weighted by Crippen LogP contribution is 2.36. The minimum absolute atomic E-state index is 0.314. The fourth-order valence-electron chi connectivity index (χ4n) is 3.26. The van der Waals surface area contributed by atoms with Crippen LogP contribution in [0.4, 0.5) is 18.3 Å². The first-order chi connectivity index (χ1) is 14.8. The molecular formula is C22H19F3N4OS. The van der Waals surface area contributed by atoms with Gasteiger partial charge in [-0.25, -0.2) is 4.98 Å². The molecule has 5 nitrogen and oxygen atoms in total. The van der Waals surface area contributed by atoms with Crippen LogP contribution in [0.5, 0.6) is 5.75 Å². The first-order valence-corrected chi connectivity index (χ1v) is 10.3. The van der Waals surface area contributed by atoms with Gasteiger partial charge in [0.1, 0.15) is 5.75 Å². The monoisotopic (exact) mass is 444 g/mol. The second-order valence-corrected chi connectivity index (χ2v) is 8.19. The predicted octanol–water partition coefficient (Wildman–Crippen LogP) is 5.06. The van der Waals surface area contributed by atoms with Crippen LogP contribution in [0.2, 0.25) is 0 Å². The number of hydrogen-bond acceptors (Lipinski definition) is 6. The topological polar surface area (TPSA) is 84.1 Å². The highest BCUT2D eigenvalue weighted by molar-refractivity contribution is 7.18. The first-order valence-electron chi connectivity index (χ1n) is 9.48. The number of benzene rings is 2. The molecule has 0 radical (unpaired) electrons. The van der Waals surface area contributed by atoms with Crippen LogP contribution in [0.15, 0.2) is 61.1 Å². The van der Waals surface area contributed by atoms with Crippen molar-refractivity contribution in [2.45, 2.75) is 18.6 Å². The Morgan fingerprint density at radius 1 is 1.06 bits per heavy atom. The summed E-state index contributed by atoms with van der Waals surface area (Å²) in [5.74, 6) is -0.791. The zero-order valence-electron chi connectivity index (χ0n) is 16.2. The number of fused-ring (bicyclic) bond motifs is 1.